The van der Waals surface area contributed by atoms with E-state index in [1.165, 1.54) is 22.0 Å². The molecule has 2 aromatic rings. The molecule has 1 atom stereocenters. The van der Waals surface area contributed by atoms with Gasteiger partial charge in [0, 0.05) is 30.7 Å². The topological polar surface area (TPSA) is 84.9 Å². The number of nitrogens with zero attached hydrogens (tertiary/aromatic N) is 1. The van der Waals surface area contributed by atoms with Crippen LogP contribution in [0, 0.1) is 0 Å². The van der Waals surface area contributed by atoms with Crippen LogP contribution in [0.3, 0.4) is 0 Å². The van der Waals surface area contributed by atoms with Crippen molar-refractivity contribution in [2.75, 3.05) is 32.1 Å². The zero-order chi connectivity index (χ0) is 21.0. The second-order valence-corrected chi connectivity index (χ2v) is 10.8. The van der Waals surface area contributed by atoms with Gasteiger partial charge in [0.25, 0.3) is 0 Å². The normalized spacial score (nSPS) is 19.0. The molecule has 4 rings (SSSR count). The van der Waals surface area contributed by atoms with Crippen LogP contribution in [0.1, 0.15) is 18.4 Å². The van der Waals surface area contributed by atoms with E-state index in [9.17, 15) is 13.2 Å². The van der Waals surface area contributed by atoms with Crippen molar-refractivity contribution >= 4 is 39.0 Å². The van der Waals surface area contributed by atoms with Crippen molar-refractivity contribution in [3.05, 3.63) is 40.6 Å². The first-order chi connectivity index (χ1) is 14.6. The minimum absolute atomic E-state index is 0.123. The molecule has 2 aliphatic rings. The van der Waals surface area contributed by atoms with Gasteiger partial charge >= 0.3 is 0 Å². The Morgan fingerprint density at radius 3 is 2.87 bits per heavy atom. The van der Waals surface area contributed by atoms with Crippen LogP contribution in [0.2, 0.25) is 0 Å². The molecule has 1 amide bonds. The Morgan fingerprint density at radius 1 is 1.23 bits per heavy atom. The quantitative estimate of drug-likeness (QED) is 0.600. The average Bonchev–Trinajstić information content (AvgIpc) is 3.45. The van der Waals surface area contributed by atoms with Gasteiger partial charge in [-0.3, -0.25) is 4.79 Å². The van der Waals surface area contributed by atoms with Crippen LogP contribution in [-0.2, 0) is 20.6 Å². The van der Waals surface area contributed by atoms with Crippen molar-refractivity contribution in [2.45, 2.75) is 29.5 Å². The molecule has 0 aliphatic carbocycles. The maximum atomic E-state index is 13.2. The van der Waals surface area contributed by atoms with Gasteiger partial charge in [-0.15, -0.1) is 0 Å². The summed E-state index contributed by atoms with van der Waals surface area (Å²) >= 11 is 3.42. The molecule has 0 bridgehead atoms. The summed E-state index contributed by atoms with van der Waals surface area (Å²) in [5.41, 5.74) is 1.28. The molecule has 10 heteroatoms. The number of amides is 1. The first kappa shape index (κ1) is 21.5. The molecule has 2 aliphatic heterocycles. The molecule has 3 heterocycles. The largest absolute Gasteiger partial charge is 0.486 e. The highest BCUT2D eigenvalue weighted by Crippen LogP contribution is 2.34. The number of fused-ring (bicyclic) bond motifs is 1. The van der Waals surface area contributed by atoms with Crippen LogP contribution < -0.4 is 14.8 Å². The Morgan fingerprint density at radius 2 is 2.07 bits per heavy atom. The molecule has 1 fully saturated rings. The molecule has 1 unspecified atom stereocenters. The van der Waals surface area contributed by atoms with Gasteiger partial charge in [0.05, 0.1) is 4.90 Å². The van der Waals surface area contributed by atoms with E-state index < -0.39 is 16.1 Å². The zero-order valence-corrected chi connectivity index (χ0v) is 18.9. The minimum Gasteiger partial charge on any atom is -0.486 e. The second-order valence-electron chi connectivity index (χ2n) is 7.05. The summed E-state index contributed by atoms with van der Waals surface area (Å²) in [5.74, 6) is 2.42. The fourth-order valence-corrected chi connectivity index (χ4v) is 6.79. The number of hydrogen-bond acceptors (Lipinski definition) is 7. The number of carbonyl (C=O) groups excluding carboxylic acids is 1. The highest BCUT2D eigenvalue weighted by Gasteiger charge is 2.39. The van der Waals surface area contributed by atoms with E-state index in [2.05, 4.69) is 22.1 Å². The van der Waals surface area contributed by atoms with Gasteiger partial charge in [0.1, 0.15) is 19.3 Å². The molecule has 162 valence electrons. The lowest BCUT2D eigenvalue weighted by Crippen LogP contribution is -2.46. The summed E-state index contributed by atoms with van der Waals surface area (Å²) in [7, 11) is -3.80. The molecule has 0 saturated carbocycles. The van der Waals surface area contributed by atoms with E-state index in [-0.39, 0.29) is 10.8 Å². The van der Waals surface area contributed by atoms with Crippen LogP contribution in [0.5, 0.6) is 11.5 Å². The number of nitrogens with one attached hydrogen (secondary N) is 1. The number of rotatable bonds is 8. The van der Waals surface area contributed by atoms with Crippen LogP contribution >= 0.6 is 23.1 Å². The predicted molar refractivity (Wildman–Crippen MR) is 118 cm³/mol. The van der Waals surface area contributed by atoms with E-state index in [1.807, 2.05) is 0 Å². The van der Waals surface area contributed by atoms with E-state index in [4.69, 9.17) is 9.47 Å². The third-order valence-electron chi connectivity index (χ3n) is 5.02. The zero-order valence-electron chi connectivity index (χ0n) is 16.4. The number of benzene rings is 1. The monoisotopic (exact) mass is 468 g/mol. The fraction of sp³-hybridized carbons (Fsp3) is 0.450. The van der Waals surface area contributed by atoms with Gasteiger partial charge in [0.15, 0.2) is 11.5 Å². The Kier molecular flexibility index (Phi) is 6.87. The van der Waals surface area contributed by atoms with Crippen molar-refractivity contribution in [1.29, 1.82) is 0 Å². The second kappa shape index (κ2) is 9.59. The summed E-state index contributed by atoms with van der Waals surface area (Å²) in [6.07, 6.45) is 1.19. The van der Waals surface area contributed by atoms with E-state index in [0.717, 1.165) is 11.5 Å². The highest BCUT2D eigenvalue weighted by atomic mass is 32.2. The molecule has 7 nitrogen and oxygen atoms in total. The first-order valence-corrected chi connectivity index (χ1v) is 13.4. The molecule has 1 saturated heterocycles. The van der Waals surface area contributed by atoms with Crippen molar-refractivity contribution in [2.24, 2.45) is 0 Å². The Bertz CT molecular complexity index is 978. The van der Waals surface area contributed by atoms with Crippen molar-refractivity contribution in [3.63, 3.8) is 0 Å². The number of sulfonamides is 1. The van der Waals surface area contributed by atoms with Crippen LogP contribution in [0.4, 0.5) is 0 Å². The van der Waals surface area contributed by atoms with E-state index >= 15 is 0 Å². The summed E-state index contributed by atoms with van der Waals surface area (Å²) in [5, 5.41) is 7.07. The lowest BCUT2D eigenvalue weighted by atomic mass is 10.2. The predicted octanol–water partition coefficient (Wildman–Crippen LogP) is 2.72. The fourth-order valence-electron chi connectivity index (χ4n) is 3.54. The lowest BCUT2D eigenvalue weighted by Gasteiger charge is -2.24. The van der Waals surface area contributed by atoms with E-state index in [1.54, 1.807) is 29.2 Å². The highest BCUT2D eigenvalue weighted by molar-refractivity contribution is 7.98. The molecule has 1 aromatic heterocycles. The molecule has 0 spiro atoms. The van der Waals surface area contributed by atoms with Gasteiger partial charge in [-0.25, -0.2) is 8.42 Å². The number of hydrogen-bond donors (Lipinski definition) is 1. The molecule has 1 aromatic carbocycles. The average molecular weight is 469 g/mol. The Balaban J connectivity index is 1.35. The Hall–Kier alpha value is -1.75. The van der Waals surface area contributed by atoms with E-state index in [0.29, 0.717) is 50.6 Å². The standard InChI is InChI=1S/C20H24N2O5S3/c23-20(21-6-11-29-14-15-5-10-28-13-15)17-2-1-7-22(17)30(24,25)16-3-4-18-19(12-16)27-9-8-26-18/h3-5,10,12-13,17H,1-2,6-9,11,14H2,(H,21,23). The maximum absolute atomic E-state index is 13.2. The van der Waals surface area contributed by atoms with Crippen molar-refractivity contribution in [1.82, 2.24) is 9.62 Å². The van der Waals surface area contributed by atoms with Crippen LogP contribution in [0.15, 0.2) is 39.9 Å². The smallest absolute Gasteiger partial charge is 0.243 e. The SMILES string of the molecule is O=C(NCCSCc1ccsc1)C1CCCN1S(=O)(=O)c1ccc2c(c1)OCCO2. The van der Waals surface area contributed by atoms with Crippen LogP contribution in [-0.4, -0.2) is 56.7 Å². The van der Waals surface area contributed by atoms with Gasteiger partial charge in [0.2, 0.25) is 15.9 Å². The third-order valence-corrected chi connectivity index (χ3v) is 8.69. The lowest BCUT2D eigenvalue weighted by molar-refractivity contribution is -0.124. The number of thiophene rings is 1. The van der Waals surface area contributed by atoms with Gasteiger partial charge in [-0.05, 0) is 47.4 Å². The molecule has 30 heavy (non-hydrogen) atoms. The summed E-state index contributed by atoms with van der Waals surface area (Å²) < 4.78 is 38.7. The summed E-state index contributed by atoms with van der Waals surface area (Å²) in [6.45, 7) is 1.68. The first-order valence-electron chi connectivity index (χ1n) is 9.84. The third kappa shape index (κ3) is 4.77. The van der Waals surface area contributed by atoms with Crippen molar-refractivity contribution in [3.8, 4) is 11.5 Å². The van der Waals surface area contributed by atoms with Gasteiger partial charge < -0.3 is 14.8 Å². The number of thioether (sulfide) groups is 1. The van der Waals surface area contributed by atoms with Crippen LogP contribution in [0.25, 0.3) is 0 Å². The molecule has 0 radical (unpaired) electrons. The molecular weight excluding hydrogens is 444 g/mol. The Labute approximate surface area is 184 Å². The van der Waals surface area contributed by atoms with Crippen molar-refractivity contribution < 1.29 is 22.7 Å². The van der Waals surface area contributed by atoms with Gasteiger partial charge in [-0.2, -0.15) is 27.4 Å². The summed E-state index contributed by atoms with van der Waals surface area (Å²) in [6, 6.07) is 6.02. The summed E-state index contributed by atoms with van der Waals surface area (Å²) in [4.78, 5) is 12.8. The van der Waals surface area contributed by atoms with Gasteiger partial charge in [-0.1, -0.05) is 0 Å². The maximum Gasteiger partial charge on any atom is 0.243 e. The minimum atomic E-state index is -3.80. The molecular formula is C20H24N2O5S3. The number of ether oxygens (including phenoxy) is 2. The molecule has 1 N–H and O–H groups in total. The number of carbonyl (C=O) groups is 1.